The van der Waals surface area contributed by atoms with Gasteiger partial charge in [0, 0.05) is 48.9 Å². The Bertz CT molecular complexity index is 671. The maximum Gasteiger partial charge on any atom is 0.270 e. The summed E-state index contributed by atoms with van der Waals surface area (Å²) >= 11 is 0. The Hall–Kier alpha value is -2.63. The van der Waals surface area contributed by atoms with Crippen LogP contribution in [0.1, 0.15) is 16.1 Å². The number of aldehydes is 1. The molecule has 19 heavy (non-hydrogen) atoms. The van der Waals surface area contributed by atoms with Crippen molar-refractivity contribution in [2.75, 3.05) is 14.1 Å². The van der Waals surface area contributed by atoms with E-state index in [-0.39, 0.29) is 5.69 Å². The molecule has 1 aromatic heterocycles. The van der Waals surface area contributed by atoms with E-state index in [4.69, 9.17) is 0 Å². The average Bonchev–Trinajstić information content (AvgIpc) is 2.72. The van der Waals surface area contributed by atoms with Crippen molar-refractivity contribution in [2.24, 2.45) is 0 Å². The summed E-state index contributed by atoms with van der Waals surface area (Å²) in [5, 5.41) is 11.3. The monoisotopic (exact) mass is 259 g/mol. The predicted octanol–water partition coefficient (Wildman–Crippen LogP) is 2.42. The number of rotatable bonds is 4. The van der Waals surface area contributed by atoms with E-state index in [2.05, 4.69) is 4.98 Å². The van der Waals surface area contributed by atoms with Crippen molar-refractivity contribution in [1.82, 2.24) is 9.88 Å². The highest BCUT2D eigenvalue weighted by Gasteiger charge is 2.13. The van der Waals surface area contributed by atoms with Gasteiger partial charge in [0.1, 0.15) is 0 Å². The lowest BCUT2D eigenvalue weighted by molar-refractivity contribution is -0.384. The molecule has 1 N–H and O–H groups in total. The molecule has 0 saturated heterocycles. The third-order valence-corrected chi connectivity index (χ3v) is 2.72. The zero-order valence-corrected chi connectivity index (χ0v) is 10.6. The van der Waals surface area contributed by atoms with Gasteiger partial charge in [0.15, 0.2) is 6.29 Å². The van der Waals surface area contributed by atoms with Crippen LogP contribution in [-0.2, 0) is 0 Å². The van der Waals surface area contributed by atoms with Gasteiger partial charge in [0.2, 0.25) is 0 Å². The highest BCUT2D eigenvalue weighted by molar-refractivity contribution is 6.01. The molecule has 0 aliphatic carbocycles. The lowest BCUT2D eigenvalue weighted by Crippen LogP contribution is -1.99. The zero-order chi connectivity index (χ0) is 14.0. The summed E-state index contributed by atoms with van der Waals surface area (Å²) in [6.07, 6.45) is 4.26. The van der Waals surface area contributed by atoms with Crippen molar-refractivity contribution in [3.63, 3.8) is 0 Å². The fourth-order valence-corrected chi connectivity index (χ4v) is 1.82. The summed E-state index contributed by atoms with van der Waals surface area (Å²) in [6, 6.07) is 4.42. The number of hydrogen-bond donors (Lipinski definition) is 1. The van der Waals surface area contributed by atoms with E-state index in [9.17, 15) is 14.9 Å². The van der Waals surface area contributed by atoms with Gasteiger partial charge in [-0.2, -0.15) is 0 Å². The molecule has 98 valence electrons. The number of nitro groups is 1. The van der Waals surface area contributed by atoms with Crippen LogP contribution < -0.4 is 0 Å². The average molecular weight is 259 g/mol. The summed E-state index contributed by atoms with van der Waals surface area (Å²) in [4.78, 5) is 26.4. The van der Waals surface area contributed by atoms with E-state index in [1.165, 1.54) is 12.1 Å². The standard InChI is InChI=1S/C13H13N3O3/c1-15(2)6-5-13-11(8-17)10-7-9(16(18)19)3-4-12(10)14-13/h3-8,14H,1-2H3/b6-5+. The molecule has 0 bridgehead atoms. The van der Waals surface area contributed by atoms with Crippen LogP contribution in [-0.4, -0.2) is 35.2 Å². The second kappa shape index (κ2) is 4.93. The molecule has 2 rings (SSSR count). The number of nitrogens with one attached hydrogen (secondary N) is 1. The first-order valence-corrected chi connectivity index (χ1v) is 5.63. The number of hydrogen-bond acceptors (Lipinski definition) is 4. The molecule has 1 heterocycles. The number of carbonyl (C=O) groups excluding carboxylic acids is 1. The SMILES string of the molecule is CN(C)/C=C/c1[nH]c2ccc([N+](=O)[O-])cc2c1C=O. The van der Waals surface area contributed by atoms with Crippen LogP contribution in [0.4, 0.5) is 5.69 Å². The van der Waals surface area contributed by atoms with Gasteiger partial charge in [0.05, 0.1) is 10.6 Å². The lowest BCUT2D eigenvalue weighted by atomic mass is 10.1. The van der Waals surface area contributed by atoms with Crippen molar-refractivity contribution in [1.29, 1.82) is 0 Å². The molecule has 6 nitrogen and oxygen atoms in total. The number of H-pyrrole nitrogens is 1. The molecule has 0 radical (unpaired) electrons. The first-order chi connectivity index (χ1) is 9.02. The van der Waals surface area contributed by atoms with Gasteiger partial charge in [-0.3, -0.25) is 14.9 Å². The topological polar surface area (TPSA) is 79.2 Å². The van der Waals surface area contributed by atoms with Crippen molar-refractivity contribution in [3.05, 3.63) is 45.8 Å². The Kier molecular flexibility index (Phi) is 3.33. The molecule has 0 unspecified atom stereocenters. The molecule has 0 aliphatic heterocycles. The Labute approximate surface area is 109 Å². The molecular formula is C13H13N3O3. The van der Waals surface area contributed by atoms with Gasteiger partial charge in [-0.1, -0.05) is 0 Å². The van der Waals surface area contributed by atoms with Gasteiger partial charge < -0.3 is 9.88 Å². The maximum absolute atomic E-state index is 11.2. The fraction of sp³-hybridized carbons (Fsp3) is 0.154. The Balaban J connectivity index is 2.61. The molecule has 0 amide bonds. The van der Waals surface area contributed by atoms with Crippen molar-refractivity contribution < 1.29 is 9.72 Å². The van der Waals surface area contributed by atoms with E-state index in [1.807, 2.05) is 19.0 Å². The number of non-ortho nitro benzene ring substituents is 1. The highest BCUT2D eigenvalue weighted by Crippen LogP contribution is 2.26. The van der Waals surface area contributed by atoms with Crippen LogP contribution in [0.15, 0.2) is 24.4 Å². The summed E-state index contributed by atoms with van der Waals surface area (Å²) in [5.74, 6) is 0. The molecule has 1 aromatic carbocycles. The molecule has 2 aromatic rings. The number of fused-ring (bicyclic) bond motifs is 1. The summed E-state index contributed by atoms with van der Waals surface area (Å²) in [7, 11) is 3.73. The minimum absolute atomic E-state index is 0.0299. The van der Waals surface area contributed by atoms with Gasteiger partial charge >= 0.3 is 0 Å². The second-order valence-corrected chi connectivity index (χ2v) is 4.34. The third kappa shape index (κ3) is 2.47. The number of nitro benzene ring substituents is 1. The summed E-state index contributed by atoms with van der Waals surface area (Å²) in [5.41, 5.74) is 1.74. The minimum Gasteiger partial charge on any atom is -0.383 e. The fourth-order valence-electron chi connectivity index (χ4n) is 1.82. The summed E-state index contributed by atoms with van der Waals surface area (Å²) < 4.78 is 0. The predicted molar refractivity (Wildman–Crippen MR) is 73.1 cm³/mol. The van der Waals surface area contributed by atoms with Crippen molar-refractivity contribution >= 4 is 29.0 Å². The van der Waals surface area contributed by atoms with Gasteiger partial charge in [0.25, 0.3) is 5.69 Å². The first-order valence-electron chi connectivity index (χ1n) is 5.63. The van der Waals surface area contributed by atoms with E-state index in [0.29, 0.717) is 28.4 Å². The molecule has 6 heteroatoms. The van der Waals surface area contributed by atoms with Crippen LogP contribution >= 0.6 is 0 Å². The van der Waals surface area contributed by atoms with Gasteiger partial charge in [-0.05, 0) is 12.1 Å². The maximum atomic E-state index is 11.2. The molecule has 0 saturated carbocycles. The van der Waals surface area contributed by atoms with Crippen molar-refractivity contribution in [3.8, 4) is 0 Å². The van der Waals surface area contributed by atoms with E-state index < -0.39 is 4.92 Å². The summed E-state index contributed by atoms with van der Waals surface area (Å²) in [6.45, 7) is 0. The zero-order valence-electron chi connectivity index (χ0n) is 10.6. The van der Waals surface area contributed by atoms with E-state index in [1.54, 1.807) is 18.3 Å². The molecule has 0 fully saturated rings. The van der Waals surface area contributed by atoms with Crippen LogP contribution in [0.3, 0.4) is 0 Å². The Morgan fingerprint density at radius 2 is 2.11 bits per heavy atom. The van der Waals surface area contributed by atoms with E-state index in [0.717, 1.165) is 0 Å². The second-order valence-electron chi connectivity index (χ2n) is 4.34. The minimum atomic E-state index is -0.476. The van der Waals surface area contributed by atoms with Crippen LogP contribution in [0, 0.1) is 10.1 Å². The largest absolute Gasteiger partial charge is 0.383 e. The Morgan fingerprint density at radius 1 is 1.37 bits per heavy atom. The quantitative estimate of drug-likeness (QED) is 0.519. The van der Waals surface area contributed by atoms with Gasteiger partial charge in [-0.15, -0.1) is 0 Å². The molecule has 0 spiro atoms. The Morgan fingerprint density at radius 3 is 2.68 bits per heavy atom. The third-order valence-electron chi connectivity index (χ3n) is 2.72. The number of aromatic amines is 1. The van der Waals surface area contributed by atoms with Crippen LogP contribution in [0.25, 0.3) is 17.0 Å². The van der Waals surface area contributed by atoms with Gasteiger partial charge in [-0.25, -0.2) is 0 Å². The molecule has 0 aliphatic rings. The number of aromatic nitrogens is 1. The molecular weight excluding hydrogens is 246 g/mol. The number of benzene rings is 1. The number of nitrogens with zero attached hydrogens (tertiary/aromatic N) is 2. The molecule has 0 atom stereocenters. The van der Waals surface area contributed by atoms with Crippen LogP contribution in [0.5, 0.6) is 0 Å². The van der Waals surface area contributed by atoms with Crippen LogP contribution in [0.2, 0.25) is 0 Å². The van der Waals surface area contributed by atoms with Crippen molar-refractivity contribution in [2.45, 2.75) is 0 Å². The normalized spacial score (nSPS) is 11.1. The first kappa shape index (κ1) is 12.8. The highest BCUT2D eigenvalue weighted by atomic mass is 16.6. The lowest BCUT2D eigenvalue weighted by Gasteiger charge is -2.02. The number of carbonyl (C=O) groups is 1. The van der Waals surface area contributed by atoms with E-state index >= 15 is 0 Å². The smallest absolute Gasteiger partial charge is 0.270 e.